The van der Waals surface area contributed by atoms with Gasteiger partial charge in [0, 0.05) is 20.6 Å². The number of likely N-dealkylation sites (N-methyl/N-ethyl adjacent to an activating group) is 2. The topological polar surface area (TPSA) is 102 Å². The van der Waals surface area contributed by atoms with Gasteiger partial charge in [-0.05, 0) is 18.6 Å². The molecule has 0 fully saturated rings. The number of carbonyl (C=O) groups is 2. The molecule has 154 valence electrons. The minimum atomic E-state index is -0.232. The van der Waals surface area contributed by atoms with Gasteiger partial charge in [0.1, 0.15) is 0 Å². The van der Waals surface area contributed by atoms with Crippen LogP contribution < -0.4 is 10.9 Å². The van der Waals surface area contributed by atoms with Crippen molar-refractivity contribution in [2.75, 3.05) is 26.4 Å². The number of carbonyl (C=O) groups excluding carboxylic acids is 2. The van der Waals surface area contributed by atoms with E-state index in [1.54, 1.807) is 17.7 Å². The van der Waals surface area contributed by atoms with Crippen LogP contribution >= 0.6 is 11.8 Å². The summed E-state index contributed by atoms with van der Waals surface area (Å²) in [5, 5.41) is 12.1. The average molecular weight is 417 g/mol. The molecule has 0 radical (unpaired) electrons. The average Bonchev–Trinajstić information content (AvgIpc) is 3.15. The van der Waals surface area contributed by atoms with Crippen LogP contribution in [0.2, 0.25) is 0 Å². The van der Waals surface area contributed by atoms with E-state index in [0.29, 0.717) is 28.4 Å². The van der Waals surface area contributed by atoms with Crippen LogP contribution in [-0.4, -0.2) is 62.3 Å². The molecule has 9 nitrogen and oxygen atoms in total. The van der Waals surface area contributed by atoms with Gasteiger partial charge in [0.25, 0.3) is 5.56 Å². The lowest BCUT2D eigenvalue weighted by Gasteiger charge is -2.15. The summed E-state index contributed by atoms with van der Waals surface area (Å²) in [6.07, 6.45) is 1.80. The minimum absolute atomic E-state index is 0.00400. The van der Waals surface area contributed by atoms with Crippen LogP contribution in [0.1, 0.15) is 19.8 Å². The number of fused-ring (bicyclic) bond motifs is 3. The van der Waals surface area contributed by atoms with E-state index in [2.05, 4.69) is 22.4 Å². The highest BCUT2D eigenvalue weighted by Crippen LogP contribution is 2.22. The Kier molecular flexibility index (Phi) is 6.53. The van der Waals surface area contributed by atoms with E-state index in [1.165, 1.54) is 23.7 Å². The van der Waals surface area contributed by atoms with Crippen molar-refractivity contribution >= 4 is 40.3 Å². The first-order valence-corrected chi connectivity index (χ1v) is 10.4. The van der Waals surface area contributed by atoms with E-state index in [4.69, 9.17) is 0 Å². The van der Waals surface area contributed by atoms with Crippen molar-refractivity contribution in [3.8, 4) is 0 Å². The van der Waals surface area contributed by atoms with Crippen LogP contribution in [0.4, 0.5) is 0 Å². The summed E-state index contributed by atoms with van der Waals surface area (Å²) in [4.78, 5) is 38.1. The molecule has 0 atom stereocenters. The van der Waals surface area contributed by atoms with Crippen molar-refractivity contribution in [3.63, 3.8) is 0 Å². The summed E-state index contributed by atoms with van der Waals surface area (Å²) in [5.74, 6) is 0.149. The van der Waals surface area contributed by atoms with Gasteiger partial charge in [-0.25, -0.2) is 0 Å². The molecule has 10 heteroatoms. The molecule has 3 rings (SSSR count). The first kappa shape index (κ1) is 20.8. The molecule has 0 aliphatic heterocycles. The van der Waals surface area contributed by atoms with E-state index in [-0.39, 0.29) is 29.7 Å². The summed E-state index contributed by atoms with van der Waals surface area (Å²) >= 11 is 1.23. The van der Waals surface area contributed by atoms with Crippen LogP contribution in [0, 0.1) is 0 Å². The number of aromatic nitrogens is 4. The van der Waals surface area contributed by atoms with E-state index >= 15 is 0 Å². The molecule has 29 heavy (non-hydrogen) atoms. The first-order chi connectivity index (χ1) is 14.0. The molecule has 0 aliphatic carbocycles. The van der Waals surface area contributed by atoms with Gasteiger partial charge in [-0.15, -0.1) is 10.2 Å². The third-order valence-electron chi connectivity index (χ3n) is 4.62. The highest BCUT2D eigenvalue weighted by atomic mass is 32.2. The summed E-state index contributed by atoms with van der Waals surface area (Å²) in [7, 11) is 3.11. The van der Waals surface area contributed by atoms with Crippen molar-refractivity contribution in [2.45, 2.75) is 31.5 Å². The van der Waals surface area contributed by atoms with Gasteiger partial charge < -0.3 is 10.2 Å². The fourth-order valence-electron chi connectivity index (χ4n) is 2.96. The van der Waals surface area contributed by atoms with Gasteiger partial charge in [0.15, 0.2) is 5.16 Å². The molecule has 3 aromatic rings. The van der Waals surface area contributed by atoms with Crippen LogP contribution in [0.3, 0.4) is 0 Å². The number of nitrogens with zero attached hydrogens (tertiary/aromatic N) is 5. The lowest BCUT2D eigenvalue weighted by Crippen LogP contribution is -2.37. The largest absolute Gasteiger partial charge is 0.358 e. The Labute approximate surface area is 172 Å². The van der Waals surface area contributed by atoms with Crippen molar-refractivity contribution in [3.05, 3.63) is 34.6 Å². The van der Waals surface area contributed by atoms with Crippen molar-refractivity contribution in [2.24, 2.45) is 0 Å². The Balaban J connectivity index is 1.96. The quantitative estimate of drug-likeness (QED) is 0.553. The molecular formula is C19H24N6O3S. The van der Waals surface area contributed by atoms with E-state index in [1.807, 2.05) is 22.6 Å². The van der Waals surface area contributed by atoms with Crippen LogP contribution in [0.5, 0.6) is 0 Å². The Morgan fingerprint density at radius 1 is 1.24 bits per heavy atom. The Morgan fingerprint density at radius 2 is 2.00 bits per heavy atom. The lowest BCUT2D eigenvalue weighted by molar-refractivity contribution is -0.132. The third kappa shape index (κ3) is 4.26. The highest BCUT2D eigenvalue weighted by Gasteiger charge is 2.18. The van der Waals surface area contributed by atoms with Crippen LogP contribution in [-0.2, 0) is 16.1 Å². The number of para-hydroxylation sites is 1. The normalized spacial score (nSPS) is 11.1. The molecule has 2 amide bonds. The van der Waals surface area contributed by atoms with Crippen LogP contribution in [0.25, 0.3) is 16.7 Å². The molecule has 1 N–H and O–H groups in total. The van der Waals surface area contributed by atoms with Crippen molar-refractivity contribution in [1.29, 1.82) is 0 Å². The van der Waals surface area contributed by atoms with Gasteiger partial charge in [0.2, 0.25) is 17.6 Å². The minimum Gasteiger partial charge on any atom is -0.358 e. The van der Waals surface area contributed by atoms with Gasteiger partial charge in [-0.3, -0.25) is 23.4 Å². The second kappa shape index (κ2) is 9.08. The van der Waals surface area contributed by atoms with Gasteiger partial charge in [-0.1, -0.05) is 37.2 Å². The zero-order valence-electron chi connectivity index (χ0n) is 16.7. The molecule has 2 aromatic heterocycles. The third-order valence-corrected chi connectivity index (χ3v) is 5.54. The standard InChI is InChI=1S/C19H24N6O3S/c1-4-5-10-24-17(28)13-8-6-7-9-14(13)25-18(24)21-22-19(25)29-12-16(27)23(3)11-15(26)20-2/h6-9H,4-5,10-12H2,1-3H3,(H,20,26). The van der Waals surface area contributed by atoms with Gasteiger partial charge in [-0.2, -0.15) is 0 Å². The maximum Gasteiger partial charge on any atom is 0.262 e. The predicted molar refractivity (Wildman–Crippen MR) is 112 cm³/mol. The highest BCUT2D eigenvalue weighted by molar-refractivity contribution is 7.99. The molecule has 2 heterocycles. The Hall–Kier alpha value is -2.88. The van der Waals surface area contributed by atoms with Crippen LogP contribution in [0.15, 0.2) is 34.2 Å². The summed E-state index contributed by atoms with van der Waals surface area (Å²) < 4.78 is 3.46. The second-order valence-corrected chi connectivity index (χ2v) is 7.60. The fourth-order valence-corrected chi connectivity index (χ4v) is 3.84. The summed E-state index contributed by atoms with van der Waals surface area (Å²) in [6, 6.07) is 7.32. The molecule has 0 spiro atoms. The summed E-state index contributed by atoms with van der Waals surface area (Å²) in [5.41, 5.74) is 0.616. The number of hydrogen-bond acceptors (Lipinski definition) is 6. The predicted octanol–water partition coefficient (Wildman–Crippen LogP) is 1.14. The smallest absolute Gasteiger partial charge is 0.262 e. The Morgan fingerprint density at radius 3 is 2.72 bits per heavy atom. The lowest BCUT2D eigenvalue weighted by atomic mass is 10.2. The molecule has 0 aliphatic rings. The molecule has 0 saturated carbocycles. The first-order valence-electron chi connectivity index (χ1n) is 9.42. The fraction of sp³-hybridized carbons (Fsp3) is 0.421. The van der Waals surface area contributed by atoms with Crippen molar-refractivity contribution in [1.82, 2.24) is 29.4 Å². The van der Waals surface area contributed by atoms with E-state index in [9.17, 15) is 14.4 Å². The molecule has 0 bridgehead atoms. The van der Waals surface area contributed by atoms with E-state index in [0.717, 1.165) is 12.8 Å². The maximum atomic E-state index is 12.9. The number of nitrogens with one attached hydrogen (secondary N) is 1. The molecule has 1 aromatic carbocycles. The monoisotopic (exact) mass is 416 g/mol. The zero-order valence-corrected chi connectivity index (χ0v) is 17.5. The molecule has 0 saturated heterocycles. The number of benzene rings is 1. The zero-order chi connectivity index (χ0) is 21.0. The van der Waals surface area contributed by atoms with Gasteiger partial charge >= 0.3 is 0 Å². The molecular weight excluding hydrogens is 392 g/mol. The SMILES string of the molecule is CCCCn1c(=O)c2ccccc2n2c(SCC(=O)N(C)CC(=O)NC)nnc12. The van der Waals surface area contributed by atoms with Crippen molar-refractivity contribution < 1.29 is 9.59 Å². The molecule has 0 unspecified atom stereocenters. The number of unbranched alkanes of at least 4 members (excludes halogenated alkanes) is 1. The summed E-state index contributed by atoms with van der Waals surface area (Å²) in [6.45, 7) is 2.62. The van der Waals surface area contributed by atoms with E-state index < -0.39 is 0 Å². The number of hydrogen-bond donors (Lipinski definition) is 1. The number of amides is 2. The Bertz CT molecular complexity index is 1110. The number of rotatable bonds is 8. The number of aryl methyl sites for hydroxylation is 1. The number of thioether (sulfide) groups is 1. The van der Waals surface area contributed by atoms with Gasteiger partial charge in [0.05, 0.1) is 23.2 Å². The second-order valence-electron chi connectivity index (χ2n) is 6.66. The maximum absolute atomic E-state index is 12.9.